The first-order valence-corrected chi connectivity index (χ1v) is 4.17. The van der Waals surface area contributed by atoms with Crippen LogP contribution in [0.15, 0.2) is 0 Å². The van der Waals surface area contributed by atoms with Gasteiger partial charge in [0.25, 0.3) is 0 Å². The predicted molar refractivity (Wildman–Crippen MR) is 18.7 cm³/mol. The van der Waals surface area contributed by atoms with E-state index >= 15 is 0 Å². The first-order chi connectivity index (χ1) is 1.00. The third-order valence-corrected chi connectivity index (χ3v) is 0. The summed E-state index contributed by atoms with van der Waals surface area (Å²) in [4.78, 5) is 0. The summed E-state index contributed by atoms with van der Waals surface area (Å²) in [6.45, 7) is 0. The van der Waals surface area contributed by atoms with Gasteiger partial charge in [-0.15, -0.1) is 0 Å². The molecule has 32 valence electrons. The van der Waals surface area contributed by atoms with Crippen molar-refractivity contribution in [1.29, 1.82) is 0 Å². The van der Waals surface area contributed by atoms with Gasteiger partial charge in [-0.05, 0) is 0 Å². The van der Waals surface area contributed by atoms with Crippen molar-refractivity contribution in [3.05, 3.63) is 14.9 Å². The molecule has 0 aliphatic rings. The fourth-order valence-corrected chi connectivity index (χ4v) is 0. The minimum Gasteiger partial charge on any atom is 2.00 e. The molecule has 0 radical (unpaired) electrons. The smallest absolute Gasteiger partial charge is 2.00 e. The van der Waals surface area contributed by atoms with E-state index in [1.54, 1.807) is 0 Å². The molecule has 0 aromatic rings. The molecule has 0 aromatic carbocycles. The van der Waals surface area contributed by atoms with Gasteiger partial charge >= 0.3 is 46.5 Å². The first-order valence-electron chi connectivity index (χ1n) is 0.267. The molecule has 0 aliphatic carbocycles. The molecule has 0 atom stereocenters. The molecule has 4 heteroatoms. The molecule has 0 saturated heterocycles. The van der Waals surface area contributed by atoms with Crippen molar-refractivity contribution in [3.8, 4) is 0 Å². The summed E-state index contributed by atoms with van der Waals surface area (Å²) >= 11 is 0.847. The number of halogens is 2. The van der Waals surface area contributed by atoms with Gasteiger partial charge in [0.2, 0.25) is 0 Å². The van der Waals surface area contributed by atoms with E-state index in [1.165, 1.54) is 0 Å². The quantitative estimate of drug-likeness (QED) is 0.355. The second-order valence-corrected chi connectivity index (χ2v) is 0. The SMILES string of the molecule is [CH3-].[CH3-].[Cl-].[Cl][Zn+].[Zn+2]. The van der Waals surface area contributed by atoms with Crippen LogP contribution in [0.5, 0.6) is 0 Å². The fourth-order valence-electron chi connectivity index (χ4n) is 0. The van der Waals surface area contributed by atoms with Crippen LogP contribution in [-0.4, -0.2) is 0 Å². The van der Waals surface area contributed by atoms with E-state index in [4.69, 9.17) is 9.69 Å². The summed E-state index contributed by atoms with van der Waals surface area (Å²) in [5.41, 5.74) is 0. The van der Waals surface area contributed by atoms with Gasteiger partial charge in [0, 0.05) is 0 Å². The molecule has 0 spiro atoms. The van der Waals surface area contributed by atoms with Crippen LogP contribution in [0.1, 0.15) is 0 Å². The Morgan fingerprint density at radius 2 is 1.00 bits per heavy atom. The first kappa shape index (κ1) is 45.6. The molecule has 0 aliphatic heterocycles. The van der Waals surface area contributed by atoms with Gasteiger partial charge in [-0.1, -0.05) is 0 Å². The third-order valence-electron chi connectivity index (χ3n) is 0. The van der Waals surface area contributed by atoms with Crippen molar-refractivity contribution in [1.82, 2.24) is 0 Å². The maximum absolute atomic E-state index is 4.76. The average molecular weight is 232 g/mol. The van der Waals surface area contributed by atoms with Gasteiger partial charge in [0.05, 0.1) is 0 Å². The molecule has 0 nitrogen and oxygen atoms in total. The maximum Gasteiger partial charge on any atom is 2.00 e. The van der Waals surface area contributed by atoms with E-state index < -0.39 is 0 Å². The van der Waals surface area contributed by atoms with Gasteiger partial charge in [0.15, 0.2) is 0 Å². The Bertz CT molecular complexity index is 9.51. The van der Waals surface area contributed by atoms with Crippen LogP contribution < -0.4 is 12.4 Å². The Balaban J connectivity index is -0.000000000833. The van der Waals surface area contributed by atoms with Gasteiger partial charge in [-0.3, -0.25) is 0 Å². The van der Waals surface area contributed by atoms with E-state index in [-0.39, 0.29) is 46.7 Å². The van der Waals surface area contributed by atoms with Gasteiger partial charge in [-0.25, -0.2) is 0 Å². The van der Waals surface area contributed by atoms with E-state index in [0.717, 1.165) is 17.3 Å². The molecule has 6 heavy (non-hydrogen) atoms. The predicted octanol–water partition coefficient (Wildman–Crippen LogP) is -1.41. The molecular weight excluding hydrogens is 226 g/mol. The molecule has 0 amide bonds. The Kier molecular flexibility index (Phi) is 528. The minimum absolute atomic E-state index is 0. The van der Waals surface area contributed by atoms with Crippen LogP contribution in [0.3, 0.4) is 0 Å². The van der Waals surface area contributed by atoms with Crippen LogP contribution >= 0.6 is 9.69 Å². The molecular formula is C2H6Cl2Zn2. The number of rotatable bonds is 0. The second-order valence-electron chi connectivity index (χ2n) is 0. The van der Waals surface area contributed by atoms with Crippen molar-refractivity contribution < 1.29 is 49.2 Å². The zero-order chi connectivity index (χ0) is 2.00. The molecule has 0 N–H and O–H groups in total. The van der Waals surface area contributed by atoms with Crippen LogP contribution in [0.4, 0.5) is 0 Å². The van der Waals surface area contributed by atoms with Gasteiger partial charge in [0.1, 0.15) is 0 Å². The van der Waals surface area contributed by atoms with Crippen LogP contribution in [0, 0.1) is 14.9 Å². The van der Waals surface area contributed by atoms with Crippen molar-refractivity contribution in [2.24, 2.45) is 0 Å². The summed E-state index contributed by atoms with van der Waals surface area (Å²) in [5.74, 6) is 0. The molecule has 0 aromatic heterocycles. The summed E-state index contributed by atoms with van der Waals surface area (Å²) in [6.07, 6.45) is 0. The van der Waals surface area contributed by atoms with Crippen LogP contribution in [-0.2, 0) is 36.8 Å². The van der Waals surface area contributed by atoms with Crippen LogP contribution in [0.25, 0.3) is 0 Å². The normalized spacial score (nSPS) is 1.17. The Labute approximate surface area is 73.3 Å². The Morgan fingerprint density at radius 3 is 1.00 bits per heavy atom. The molecule has 0 saturated carbocycles. The molecule has 0 heterocycles. The average Bonchev–Trinajstić information content (AvgIpc) is 1.00. The Morgan fingerprint density at radius 1 is 1.00 bits per heavy atom. The molecule has 0 bridgehead atoms. The van der Waals surface area contributed by atoms with Crippen molar-refractivity contribution in [2.75, 3.05) is 0 Å². The largest absolute Gasteiger partial charge is 2.00 e. The fraction of sp³-hybridized carbons (Fsp3) is 0. The van der Waals surface area contributed by atoms with Crippen LogP contribution in [0.2, 0.25) is 0 Å². The summed E-state index contributed by atoms with van der Waals surface area (Å²) in [7, 11) is 4.76. The third kappa shape index (κ3) is 40.7. The summed E-state index contributed by atoms with van der Waals surface area (Å²) < 4.78 is 0. The van der Waals surface area contributed by atoms with E-state index in [0.29, 0.717) is 0 Å². The van der Waals surface area contributed by atoms with Crippen molar-refractivity contribution >= 4 is 9.69 Å². The molecule has 0 rings (SSSR count). The van der Waals surface area contributed by atoms with Gasteiger partial charge in [-0.2, -0.15) is 0 Å². The topological polar surface area (TPSA) is 0 Å². The van der Waals surface area contributed by atoms with E-state index in [1.807, 2.05) is 0 Å². The van der Waals surface area contributed by atoms with Gasteiger partial charge < -0.3 is 27.3 Å². The Hall–Kier alpha value is 1.83. The maximum atomic E-state index is 4.76. The summed E-state index contributed by atoms with van der Waals surface area (Å²) in [6, 6.07) is 0. The number of hydrogen-bond acceptors (Lipinski definition) is 0. The standard InChI is InChI=1S/2CH3.2ClH.2Zn/h2*1H3;2*1H;;/q2*-1;;;2*+2/p-2. The van der Waals surface area contributed by atoms with Crippen molar-refractivity contribution in [3.63, 3.8) is 0 Å². The molecule has 0 unspecified atom stereocenters. The summed E-state index contributed by atoms with van der Waals surface area (Å²) in [5, 5.41) is 0. The minimum atomic E-state index is 0. The van der Waals surface area contributed by atoms with Crippen molar-refractivity contribution in [2.45, 2.75) is 0 Å². The van der Waals surface area contributed by atoms with E-state index in [9.17, 15) is 0 Å². The second kappa shape index (κ2) is 69.5. The van der Waals surface area contributed by atoms with E-state index in [2.05, 4.69) is 0 Å². The molecule has 0 fully saturated rings. The monoisotopic (exact) mass is 228 g/mol. The number of hydrogen-bond donors (Lipinski definition) is 0. The zero-order valence-electron chi connectivity index (χ0n) is 4.17. The zero-order valence-corrected chi connectivity index (χ0v) is 11.6.